The van der Waals surface area contributed by atoms with Crippen LogP contribution in [0.4, 0.5) is 0 Å². The molecule has 3 rings (SSSR count). The zero-order valence-corrected chi connectivity index (χ0v) is 17.4. The number of carbonyl (C=O) groups excluding carboxylic acids is 1. The van der Waals surface area contributed by atoms with E-state index in [1.54, 1.807) is 11.8 Å². The maximum Gasteiger partial charge on any atom is 0.220 e. The molecule has 1 amide bonds. The smallest absolute Gasteiger partial charge is 0.220 e. The molecule has 27 heavy (non-hydrogen) atoms. The van der Waals surface area contributed by atoms with Crippen LogP contribution in [0.5, 0.6) is 0 Å². The summed E-state index contributed by atoms with van der Waals surface area (Å²) in [5.41, 5.74) is 6.04. The van der Waals surface area contributed by atoms with Crippen LogP contribution < -0.4 is 5.32 Å². The number of hydrogen-bond acceptors (Lipinski definition) is 4. The second-order valence-corrected chi connectivity index (χ2v) is 7.76. The summed E-state index contributed by atoms with van der Waals surface area (Å²) < 4.78 is 1.87. The van der Waals surface area contributed by atoms with Gasteiger partial charge in [0.15, 0.2) is 5.65 Å². The molecule has 5 nitrogen and oxygen atoms in total. The average Bonchev–Trinajstić information content (AvgIpc) is 3.02. The molecule has 2 heterocycles. The highest BCUT2D eigenvalue weighted by molar-refractivity contribution is 7.98. The summed E-state index contributed by atoms with van der Waals surface area (Å²) in [7, 11) is 0. The van der Waals surface area contributed by atoms with Crippen molar-refractivity contribution < 1.29 is 4.79 Å². The molecule has 6 heteroatoms. The molecule has 1 aromatic carbocycles. The molecule has 2 aromatic heterocycles. The van der Waals surface area contributed by atoms with Gasteiger partial charge in [-0.2, -0.15) is 5.10 Å². The average molecular weight is 383 g/mol. The number of aryl methyl sites for hydroxylation is 3. The highest BCUT2D eigenvalue weighted by atomic mass is 32.2. The van der Waals surface area contributed by atoms with E-state index < -0.39 is 0 Å². The van der Waals surface area contributed by atoms with E-state index in [9.17, 15) is 4.79 Å². The minimum Gasteiger partial charge on any atom is -0.350 e. The fraction of sp³-hybridized carbons (Fsp3) is 0.381. The molecule has 0 fully saturated rings. The number of amides is 1. The van der Waals surface area contributed by atoms with Gasteiger partial charge in [0, 0.05) is 28.8 Å². The molecule has 3 aromatic rings. The number of hydrogen-bond donors (Lipinski definition) is 1. The number of nitrogens with one attached hydrogen (secondary N) is 1. The van der Waals surface area contributed by atoms with Gasteiger partial charge >= 0.3 is 0 Å². The fourth-order valence-corrected chi connectivity index (χ4v) is 3.74. The Labute approximate surface area is 164 Å². The lowest BCUT2D eigenvalue weighted by Gasteiger charge is -2.16. The molecule has 0 bridgehead atoms. The summed E-state index contributed by atoms with van der Waals surface area (Å²) in [6.07, 6.45) is 3.15. The number of thioether (sulfide) groups is 1. The Kier molecular flexibility index (Phi) is 5.85. The maximum atomic E-state index is 12.5. The van der Waals surface area contributed by atoms with Crippen molar-refractivity contribution in [1.29, 1.82) is 0 Å². The molecule has 142 valence electrons. The van der Waals surface area contributed by atoms with Gasteiger partial charge in [-0.3, -0.25) is 4.79 Å². The molecule has 0 radical (unpaired) electrons. The molecule has 0 spiro atoms. The molecule has 0 aliphatic heterocycles. The van der Waals surface area contributed by atoms with Gasteiger partial charge < -0.3 is 5.32 Å². The molecule has 0 aliphatic carbocycles. The quantitative estimate of drug-likeness (QED) is 0.650. The van der Waals surface area contributed by atoms with Gasteiger partial charge in [-0.25, -0.2) is 9.50 Å². The first-order chi connectivity index (χ1) is 12.9. The third-order valence-electron chi connectivity index (χ3n) is 4.88. The number of benzene rings is 1. The third-order valence-corrected chi connectivity index (χ3v) is 5.63. The number of fused-ring (bicyclic) bond motifs is 1. The minimum atomic E-state index is -0.00929. The molecule has 1 N–H and O–H groups in total. The Hall–Kier alpha value is -2.34. The number of aromatic nitrogens is 3. The van der Waals surface area contributed by atoms with Crippen molar-refractivity contribution in [3.63, 3.8) is 0 Å². The Morgan fingerprint density at radius 1 is 1.22 bits per heavy atom. The second-order valence-electron chi connectivity index (χ2n) is 6.88. The van der Waals surface area contributed by atoms with E-state index >= 15 is 0 Å². The monoisotopic (exact) mass is 382 g/mol. The van der Waals surface area contributed by atoms with E-state index in [0.717, 1.165) is 33.9 Å². The van der Waals surface area contributed by atoms with Crippen LogP contribution in [-0.2, 0) is 11.2 Å². The van der Waals surface area contributed by atoms with Crippen molar-refractivity contribution in [1.82, 2.24) is 19.9 Å². The Bertz CT molecular complexity index is 962. The third kappa shape index (κ3) is 4.33. The fourth-order valence-electron chi connectivity index (χ4n) is 3.33. The summed E-state index contributed by atoms with van der Waals surface area (Å²) in [5.74, 6) is 0.0481. The second kappa shape index (κ2) is 8.13. The predicted molar refractivity (Wildman–Crippen MR) is 110 cm³/mol. The number of nitrogens with zero attached hydrogens (tertiary/aromatic N) is 3. The van der Waals surface area contributed by atoms with E-state index in [1.807, 2.05) is 38.3 Å². The van der Waals surface area contributed by atoms with Crippen LogP contribution in [0.25, 0.3) is 5.65 Å². The molecule has 0 saturated carbocycles. The van der Waals surface area contributed by atoms with Crippen LogP contribution >= 0.6 is 11.8 Å². The Balaban J connectivity index is 1.65. The molecule has 0 aliphatic rings. The van der Waals surface area contributed by atoms with Crippen molar-refractivity contribution in [3.05, 3.63) is 58.5 Å². The Morgan fingerprint density at radius 2 is 1.93 bits per heavy atom. The summed E-state index contributed by atoms with van der Waals surface area (Å²) in [6.45, 7) is 8.02. The zero-order chi connectivity index (χ0) is 19.6. The van der Waals surface area contributed by atoms with Crippen LogP contribution in [0.2, 0.25) is 0 Å². The van der Waals surface area contributed by atoms with E-state index in [0.29, 0.717) is 12.8 Å². The first kappa shape index (κ1) is 19.4. The predicted octanol–water partition coefficient (Wildman–Crippen LogP) is 4.19. The van der Waals surface area contributed by atoms with Crippen LogP contribution in [-0.4, -0.2) is 26.8 Å². The first-order valence-electron chi connectivity index (χ1n) is 9.15. The first-order valence-corrected chi connectivity index (χ1v) is 10.4. The number of rotatable bonds is 6. The summed E-state index contributed by atoms with van der Waals surface area (Å²) in [4.78, 5) is 18.3. The zero-order valence-electron chi connectivity index (χ0n) is 16.5. The van der Waals surface area contributed by atoms with Crippen molar-refractivity contribution >= 4 is 23.3 Å². The SMILES string of the molecule is CSc1ccc(C(C)NC(=O)CCc2c(C)nc3cc(C)nn3c2C)cc1. The van der Waals surface area contributed by atoms with E-state index in [-0.39, 0.29) is 11.9 Å². The largest absolute Gasteiger partial charge is 0.350 e. The maximum absolute atomic E-state index is 12.5. The highest BCUT2D eigenvalue weighted by Crippen LogP contribution is 2.20. The lowest BCUT2D eigenvalue weighted by molar-refractivity contribution is -0.121. The van der Waals surface area contributed by atoms with Crippen molar-refractivity contribution in [2.75, 3.05) is 6.26 Å². The van der Waals surface area contributed by atoms with Gasteiger partial charge in [0.2, 0.25) is 5.91 Å². The summed E-state index contributed by atoms with van der Waals surface area (Å²) in [5, 5.41) is 7.59. The molecular formula is C21H26N4OS. The van der Waals surface area contributed by atoms with Gasteiger partial charge in [-0.05, 0) is 63.6 Å². The van der Waals surface area contributed by atoms with Gasteiger partial charge in [0.05, 0.1) is 11.7 Å². The summed E-state index contributed by atoms with van der Waals surface area (Å²) >= 11 is 1.71. The summed E-state index contributed by atoms with van der Waals surface area (Å²) in [6, 6.07) is 10.3. The topological polar surface area (TPSA) is 59.3 Å². The van der Waals surface area contributed by atoms with E-state index in [1.165, 1.54) is 4.90 Å². The minimum absolute atomic E-state index is 0.00929. The molecular weight excluding hydrogens is 356 g/mol. The highest BCUT2D eigenvalue weighted by Gasteiger charge is 2.14. The lowest BCUT2D eigenvalue weighted by Crippen LogP contribution is -2.27. The van der Waals surface area contributed by atoms with Gasteiger partial charge in [-0.1, -0.05) is 12.1 Å². The van der Waals surface area contributed by atoms with Gasteiger partial charge in [0.25, 0.3) is 0 Å². The standard InChI is InChI=1S/C21H26N4OS/c1-13-12-20-22-15(3)19(16(4)25(20)24-13)10-11-21(26)23-14(2)17-6-8-18(27-5)9-7-17/h6-9,12,14H,10-11H2,1-5H3,(H,23,26). The Morgan fingerprint density at radius 3 is 2.59 bits per heavy atom. The van der Waals surface area contributed by atoms with Crippen LogP contribution in [0, 0.1) is 20.8 Å². The van der Waals surface area contributed by atoms with Crippen molar-refractivity contribution in [3.8, 4) is 0 Å². The molecule has 1 atom stereocenters. The van der Waals surface area contributed by atoms with Crippen LogP contribution in [0.3, 0.4) is 0 Å². The normalized spacial score (nSPS) is 12.3. The van der Waals surface area contributed by atoms with Crippen LogP contribution in [0.1, 0.15) is 47.6 Å². The van der Waals surface area contributed by atoms with Gasteiger partial charge in [0.1, 0.15) is 0 Å². The van der Waals surface area contributed by atoms with Gasteiger partial charge in [-0.15, -0.1) is 11.8 Å². The number of carbonyl (C=O) groups is 1. The van der Waals surface area contributed by atoms with E-state index in [4.69, 9.17) is 0 Å². The molecule has 0 saturated heterocycles. The van der Waals surface area contributed by atoms with Crippen molar-refractivity contribution in [2.45, 2.75) is 51.5 Å². The van der Waals surface area contributed by atoms with E-state index in [2.05, 4.69) is 45.9 Å². The molecule has 1 unspecified atom stereocenters. The van der Waals surface area contributed by atoms with Crippen molar-refractivity contribution in [2.24, 2.45) is 0 Å². The van der Waals surface area contributed by atoms with Crippen LogP contribution in [0.15, 0.2) is 35.2 Å². The lowest BCUT2D eigenvalue weighted by atomic mass is 10.1.